The molecule has 0 aliphatic carbocycles. The van der Waals surface area contributed by atoms with E-state index in [1.54, 1.807) is 24.3 Å². The summed E-state index contributed by atoms with van der Waals surface area (Å²) in [5.41, 5.74) is 9.01. The number of fused-ring (bicyclic) bond motifs is 1. The molecule has 0 fully saturated rings. The minimum atomic E-state index is -1.11. The molecule has 1 N–H and O–H groups in total. The Morgan fingerprint density at radius 1 is 1.38 bits per heavy atom. The van der Waals surface area contributed by atoms with Gasteiger partial charge in [0.2, 0.25) is 0 Å². The molecule has 0 aliphatic heterocycles. The van der Waals surface area contributed by atoms with Gasteiger partial charge in [-0.3, -0.25) is 0 Å². The lowest BCUT2D eigenvalue weighted by Gasteiger charge is -2.01. The zero-order valence-electron chi connectivity index (χ0n) is 8.03. The van der Waals surface area contributed by atoms with Crippen molar-refractivity contribution in [2.24, 2.45) is 5.11 Å². The Bertz CT molecular complexity index is 617. The molecule has 0 bridgehead atoms. The van der Waals surface area contributed by atoms with Crippen molar-refractivity contribution in [2.75, 3.05) is 0 Å². The van der Waals surface area contributed by atoms with Gasteiger partial charge in [0.05, 0.1) is 11.2 Å². The third-order valence-electron chi connectivity index (χ3n) is 2.07. The number of para-hydroxylation sites is 1. The van der Waals surface area contributed by atoms with E-state index < -0.39 is 5.97 Å². The number of nitrogens with zero attached hydrogens (tertiary/aromatic N) is 4. The van der Waals surface area contributed by atoms with Crippen LogP contribution < -0.4 is 0 Å². The fourth-order valence-corrected chi connectivity index (χ4v) is 1.38. The summed E-state index contributed by atoms with van der Waals surface area (Å²) in [5, 5.41) is 13.0. The van der Waals surface area contributed by atoms with Crippen molar-refractivity contribution in [1.29, 1.82) is 0 Å². The summed E-state index contributed by atoms with van der Waals surface area (Å²) in [5.74, 6) is -1.11. The highest BCUT2D eigenvalue weighted by atomic mass is 16.4. The predicted octanol–water partition coefficient (Wildman–Crippen LogP) is 2.87. The van der Waals surface area contributed by atoms with E-state index in [4.69, 9.17) is 10.6 Å². The van der Waals surface area contributed by atoms with Crippen LogP contribution in [0.3, 0.4) is 0 Å². The van der Waals surface area contributed by atoms with Crippen molar-refractivity contribution in [3.8, 4) is 0 Å². The average molecular weight is 214 g/mol. The van der Waals surface area contributed by atoms with Crippen LogP contribution in [0.25, 0.3) is 21.3 Å². The second-order valence-electron chi connectivity index (χ2n) is 3.04. The molecule has 16 heavy (non-hydrogen) atoms. The third-order valence-corrected chi connectivity index (χ3v) is 2.07. The Kier molecular flexibility index (Phi) is 2.41. The largest absolute Gasteiger partial charge is 0.477 e. The Hall–Kier alpha value is -2.59. The highest BCUT2D eigenvalue weighted by Gasteiger charge is 2.07. The van der Waals surface area contributed by atoms with Crippen molar-refractivity contribution in [3.05, 3.63) is 46.5 Å². The van der Waals surface area contributed by atoms with Crippen LogP contribution in [0.4, 0.5) is 5.69 Å². The van der Waals surface area contributed by atoms with E-state index >= 15 is 0 Å². The Morgan fingerprint density at radius 2 is 2.19 bits per heavy atom. The topological polar surface area (TPSA) is 99.0 Å². The quantitative estimate of drug-likeness (QED) is 0.472. The van der Waals surface area contributed by atoms with Gasteiger partial charge in [-0.05, 0) is 11.6 Å². The normalized spacial score (nSPS) is 9.75. The summed E-state index contributed by atoms with van der Waals surface area (Å²) in [4.78, 5) is 17.3. The van der Waals surface area contributed by atoms with Gasteiger partial charge in [-0.25, -0.2) is 9.78 Å². The van der Waals surface area contributed by atoms with Crippen LogP contribution in [-0.4, -0.2) is 16.1 Å². The van der Waals surface area contributed by atoms with E-state index in [2.05, 4.69) is 15.0 Å². The van der Waals surface area contributed by atoms with Crippen molar-refractivity contribution in [2.45, 2.75) is 0 Å². The molecule has 0 amide bonds. The fourth-order valence-electron chi connectivity index (χ4n) is 1.38. The molecule has 0 aliphatic rings. The Labute approximate surface area is 89.8 Å². The first-order valence-corrected chi connectivity index (χ1v) is 4.40. The number of carbonyl (C=O) groups is 1. The molecule has 0 spiro atoms. The SMILES string of the molecule is [N-]=[N+]=Nc1cccc2ccc(C(=O)O)nc12. The van der Waals surface area contributed by atoms with Crippen LogP contribution in [-0.2, 0) is 0 Å². The molecule has 6 heteroatoms. The zero-order chi connectivity index (χ0) is 11.5. The Morgan fingerprint density at radius 3 is 2.88 bits per heavy atom. The lowest BCUT2D eigenvalue weighted by Crippen LogP contribution is -1.99. The van der Waals surface area contributed by atoms with Gasteiger partial charge in [0.25, 0.3) is 0 Å². The van der Waals surface area contributed by atoms with Gasteiger partial charge in [-0.2, -0.15) is 0 Å². The molecule has 1 aromatic heterocycles. The van der Waals surface area contributed by atoms with Crippen LogP contribution in [0.15, 0.2) is 35.4 Å². The molecule has 78 valence electrons. The van der Waals surface area contributed by atoms with Crippen molar-refractivity contribution in [1.82, 2.24) is 4.98 Å². The predicted molar refractivity (Wildman–Crippen MR) is 57.5 cm³/mol. The van der Waals surface area contributed by atoms with Gasteiger partial charge < -0.3 is 5.11 Å². The number of aromatic nitrogens is 1. The first-order valence-electron chi connectivity index (χ1n) is 4.40. The summed E-state index contributed by atoms with van der Waals surface area (Å²) in [6.45, 7) is 0. The van der Waals surface area contributed by atoms with Gasteiger partial charge in [0, 0.05) is 10.3 Å². The van der Waals surface area contributed by atoms with Crippen molar-refractivity contribution >= 4 is 22.6 Å². The number of hydrogen-bond donors (Lipinski definition) is 1. The highest BCUT2D eigenvalue weighted by molar-refractivity contribution is 5.93. The number of carboxylic acids is 1. The van der Waals surface area contributed by atoms with Crippen LogP contribution in [0.5, 0.6) is 0 Å². The minimum Gasteiger partial charge on any atom is -0.477 e. The molecule has 1 aromatic carbocycles. The summed E-state index contributed by atoms with van der Waals surface area (Å²) >= 11 is 0. The van der Waals surface area contributed by atoms with Gasteiger partial charge in [0.1, 0.15) is 5.69 Å². The van der Waals surface area contributed by atoms with Crippen molar-refractivity contribution < 1.29 is 9.90 Å². The van der Waals surface area contributed by atoms with Crippen LogP contribution in [0.1, 0.15) is 10.5 Å². The van der Waals surface area contributed by atoms with E-state index in [9.17, 15) is 4.79 Å². The van der Waals surface area contributed by atoms with E-state index in [-0.39, 0.29) is 5.69 Å². The molecular formula is C10H6N4O2. The summed E-state index contributed by atoms with van der Waals surface area (Å²) in [6.07, 6.45) is 0. The fraction of sp³-hybridized carbons (Fsp3) is 0. The molecular weight excluding hydrogens is 208 g/mol. The van der Waals surface area contributed by atoms with Crippen LogP contribution in [0.2, 0.25) is 0 Å². The van der Waals surface area contributed by atoms with E-state index in [0.29, 0.717) is 11.2 Å². The van der Waals surface area contributed by atoms with Crippen LogP contribution >= 0.6 is 0 Å². The molecule has 0 saturated carbocycles. The van der Waals surface area contributed by atoms with Crippen LogP contribution in [0, 0.1) is 0 Å². The number of aromatic carboxylic acids is 1. The summed E-state index contributed by atoms with van der Waals surface area (Å²) in [7, 11) is 0. The summed E-state index contributed by atoms with van der Waals surface area (Å²) in [6, 6.07) is 8.10. The average Bonchev–Trinajstić information content (AvgIpc) is 2.29. The zero-order valence-corrected chi connectivity index (χ0v) is 8.03. The van der Waals surface area contributed by atoms with Gasteiger partial charge in [-0.15, -0.1) is 0 Å². The Balaban J connectivity index is 2.77. The van der Waals surface area contributed by atoms with Gasteiger partial charge in [0.15, 0.2) is 0 Å². The second-order valence-corrected chi connectivity index (χ2v) is 3.04. The standard InChI is InChI=1S/C10H6N4O2/c11-14-13-7-3-1-2-6-4-5-8(10(15)16)12-9(6)7/h1-5H,(H,15,16). The molecule has 1 heterocycles. The highest BCUT2D eigenvalue weighted by Crippen LogP contribution is 2.24. The van der Waals surface area contributed by atoms with E-state index in [0.717, 1.165) is 5.39 Å². The summed E-state index contributed by atoms with van der Waals surface area (Å²) < 4.78 is 0. The van der Waals surface area contributed by atoms with Gasteiger partial charge in [-0.1, -0.05) is 29.4 Å². The first-order chi connectivity index (χ1) is 7.72. The maximum Gasteiger partial charge on any atom is 0.354 e. The molecule has 0 unspecified atom stereocenters. The van der Waals surface area contributed by atoms with E-state index in [1.165, 1.54) is 6.07 Å². The molecule has 2 aromatic rings. The number of benzene rings is 1. The second kappa shape index (κ2) is 3.88. The number of azide groups is 1. The van der Waals surface area contributed by atoms with E-state index in [1.807, 2.05) is 0 Å². The first kappa shape index (κ1) is 9.95. The molecule has 2 rings (SSSR count). The number of carboxylic acid groups (broad SMARTS) is 1. The number of rotatable bonds is 2. The van der Waals surface area contributed by atoms with Gasteiger partial charge >= 0.3 is 5.97 Å². The third kappa shape index (κ3) is 1.65. The molecule has 0 atom stereocenters. The smallest absolute Gasteiger partial charge is 0.354 e. The number of pyridine rings is 1. The number of hydrogen-bond acceptors (Lipinski definition) is 3. The monoisotopic (exact) mass is 214 g/mol. The van der Waals surface area contributed by atoms with Crippen molar-refractivity contribution in [3.63, 3.8) is 0 Å². The lowest BCUT2D eigenvalue weighted by molar-refractivity contribution is 0.0691. The minimum absolute atomic E-state index is 0.0758. The maximum atomic E-state index is 10.7. The maximum absolute atomic E-state index is 10.7. The lowest BCUT2D eigenvalue weighted by atomic mass is 10.2. The molecule has 0 saturated heterocycles. The molecule has 6 nitrogen and oxygen atoms in total. The molecule has 0 radical (unpaired) electrons.